The van der Waals surface area contributed by atoms with Crippen LogP contribution in [0.5, 0.6) is 0 Å². The smallest absolute Gasteiger partial charge is 0.429 e. The Bertz CT molecular complexity index is 501. The Labute approximate surface area is 120 Å². The van der Waals surface area contributed by atoms with E-state index in [-0.39, 0.29) is 0 Å². The maximum Gasteiger partial charge on any atom is 0.429 e. The fraction of sp³-hybridized carbons (Fsp3) is 0.467. The third kappa shape index (κ3) is 4.90. The fourth-order valence-electron chi connectivity index (χ4n) is 1.49. The lowest BCUT2D eigenvalue weighted by molar-refractivity contribution is 0.0561. The molecule has 0 fully saturated rings. The zero-order valence-corrected chi connectivity index (χ0v) is 12.4. The molecule has 0 aromatic heterocycles. The van der Waals surface area contributed by atoms with E-state index in [1.165, 1.54) is 5.01 Å². The molecule has 5 nitrogen and oxygen atoms in total. The summed E-state index contributed by atoms with van der Waals surface area (Å²) in [4.78, 5) is 15.6. The first-order valence-corrected chi connectivity index (χ1v) is 6.61. The zero-order chi connectivity index (χ0) is 15.2. The molecule has 5 heteroatoms. The van der Waals surface area contributed by atoms with Crippen molar-refractivity contribution in [2.75, 3.05) is 11.6 Å². The number of benzene rings is 1. The predicted molar refractivity (Wildman–Crippen MR) is 79.7 cm³/mol. The van der Waals surface area contributed by atoms with Crippen molar-refractivity contribution in [3.05, 3.63) is 35.7 Å². The Morgan fingerprint density at radius 2 is 2.15 bits per heavy atom. The lowest BCUT2D eigenvalue weighted by Gasteiger charge is -2.27. The van der Waals surface area contributed by atoms with Gasteiger partial charge in [0.1, 0.15) is 5.60 Å². The van der Waals surface area contributed by atoms with E-state index in [4.69, 9.17) is 11.3 Å². The third-order valence-electron chi connectivity index (χ3n) is 2.31. The van der Waals surface area contributed by atoms with E-state index in [9.17, 15) is 4.79 Å². The van der Waals surface area contributed by atoms with Gasteiger partial charge in [-0.25, -0.2) is 20.1 Å². The van der Waals surface area contributed by atoms with Crippen LogP contribution in [0.15, 0.2) is 24.3 Å². The van der Waals surface area contributed by atoms with Gasteiger partial charge in [-0.3, -0.25) is 0 Å². The van der Waals surface area contributed by atoms with Crippen molar-refractivity contribution in [3.63, 3.8) is 0 Å². The topological polar surface area (TPSA) is 45.9 Å². The second kappa shape index (κ2) is 6.92. The summed E-state index contributed by atoms with van der Waals surface area (Å²) in [6.45, 7) is 15.1. The second-order valence-corrected chi connectivity index (χ2v) is 5.36. The molecule has 1 aromatic rings. The summed E-state index contributed by atoms with van der Waals surface area (Å²) >= 11 is 0. The molecule has 0 aliphatic heterocycles. The fourth-order valence-corrected chi connectivity index (χ4v) is 1.49. The maximum atomic E-state index is 12.2. The van der Waals surface area contributed by atoms with Gasteiger partial charge in [-0.05, 0) is 39.3 Å². The van der Waals surface area contributed by atoms with Crippen molar-refractivity contribution < 1.29 is 9.53 Å². The number of amides is 1. The van der Waals surface area contributed by atoms with E-state index in [1.807, 2.05) is 27.7 Å². The Hall–Kier alpha value is -2.06. The van der Waals surface area contributed by atoms with E-state index in [0.717, 1.165) is 6.42 Å². The molecule has 0 spiro atoms. The Balaban J connectivity index is 2.99. The number of ether oxygens (including phenoxy) is 1. The molecule has 108 valence electrons. The number of carbonyl (C=O) groups is 1. The number of hydrazine groups is 1. The summed E-state index contributed by atoms with van der Waals surface area (Å²) in [5.74, 6) is 0. The highest BCUT2D eigenvalue weighted by atomic mass is 16.6. The molecule has 1 aromatic carbocycles. The summed E-state index contributed by atoms with van der Waals surface area (Å²) in [5.41, 5.74) is 3.53. The van der Waals surface area contributed by atoms with Gasteiger partial charge in [0, 0.05) is 6.54 Å². The molecule has 0 unspecified atom stereocenters. The molecule has 0 saturated heterocycles. The summed E-state index contributed by atoms with van der Waals surface area (Å²) in [7, 11) is 0. The van der Waals surface area contributed by atoms with Crippen LogP contribution < -0.4 is 10.4 Å². The van der Waals surface area contributed by atoms with Crippen LogP contribution in [0.4, 0.5) is 16.2 Å². The minimum Gasteiger partial charge on any atom is -0.442 e. The van der Waals surface area contributed by atoms with Crippen molar-refractivity contribution in [1.29, 1.82) is 0 Å². The number of rotatable bonds is 4. The van der Waals surface area contributed by atoms with E-state index in [0.29, 0.717) is 17.9 Å². The second-order valence-electron chi connectivity index (χ2n) is 5.36. The Kier molecular flexibility index (Phi) is 5.53. The van der Waals surface area contributed by atoms with E-state index >= 15 is 0 Å². The zero-order valence-electron chi connectivity index (χ0n) is 12.4. The number of nitrogens with one attached hydrogen (secondary N) is 1. The quantitative estimate of drug-likeness (QED) is 0.669. The first-order chi connectivity index (χ1) is 9.37. The first kappa shape index (κ1) is 16.0. The molecular formula is C15H21N3O2. The number of hydrogen-bond donors (Lipinski definition) is 1. The van der Waals surface area contributed by atoms with E-state index in [2.05, 4.69) is 10.3 Å². The Morgan fingerprint density at radius 1 is 1.45 bits per heavy atom. The van der Waals surface area contributed by atoms with Gasteiger partial charge in [0.2, 0.25) is 0 Å². The molecule has 0 bridgehead atoms. The molecule has 1 N–H and O–H groups in total. The van der Waals surface area contributed by atoms with Gasteiger partial charge in [0.15, 0.2) is 5.69 Å². The van der Waals surface area contributed by atoms with Crippen molar-refractivity contribution in [3.8, 4) is 0 Å². The average molecular weight is 275 g/mol. The minimum atomic E-state index is -0.569. The lowest BCUT2D eigenvalue weighted by Crippen LogP contribution is -2.46. The summed E-state index contributed by atoms with van der Waals surface area (Å²) < 4.78 is 5.37. The third-order valence-corrected chi connectivity index (χ3v) is 2.31. The van der Waals surface area contributed by atoms with Gasteiger partial charge >= 0.3 is 6.09 Å². The molecule has 0 radical (unpaired) electrons. The molecule has 0 saturated carbocycles. The van der Waals surface area contributed by atoms with Crippen molar-refractivity contribution in [2.24, 2.45) is 0 Å². The molecule has 0 atom stereocenters. The molecule has 0 aliphatic rings. The minimum absolute atomic E-state index is 0.479. The van der Waals surface area contributed by atoms with Gasteiger partial charge in [0.05, 0.1) is 12.3 Å². The normalized spacial score (nSPS) is 10.8. The largest absolute Gasteiger partial charge is 0.442 e. The van der Waals surface area contributed by atoms with Gasteiger partial charge in [-0.1, -0.05) is 19.1 Å². The van der Waals surface area contributed by atoms with Crippen LogP contribution in [0.25, 0.3) is 4.85 Å². The average Bonchev–Trinajstić information content (AvgIpc) is 2.37. The summed E-state index contributed by atoms with van der Waals surface area (Å²) in [5, 5.41) is 1.35. The van der Waals surface area contributed by atoms with Crippen LogP contribution in [-0.4, -0.2) is 18.2 Å². The number of carbonyl (C=O) groups excluding carboxylic acids is 1. The molecule has 20 heavy (non-hydrogen) atoms. The molecule has 1 amide bonds. The summed E-state index contributed by atoms with van der Waals surface area (Å²) in [6, 6.07) is 6.86. The maximum absolute atomic E-state index is 12.2. The SMILES string of the molecule is [C-]#[N+]c1cccc(N(NCCC)C(=O)OC(C)(C)C)c1. The van der Waals surface area contributed by atoms with Crippen LogP contribution in [0.1, 0.15) is 34.1 Å². The van der Waals surface area contributed by atoms with E-state index in [1.54, 1.807) is 24.3 Å². The first-order valence-electron chi connectivity index (χ1n) is 6.61. The van der Waals surface area contributed by atoms with Crippen molar-refractivity contribution in [2.45, 2.75) is 39.7 Å². The van der Waals surface area contributed by atoms with E-state index < -0.39 is 11.7 Å². The van der Waals surface area contributed by atoms with Crippen LogP contribution >= 0.6 is 0 Å². The van der Waals surface area contributed by atoms with Crippen LogP contribution in [0.3, 0.4) is 0 Å². The molecule has 0 heterocycles. The highest BCUT2D eigenvalue weighted by molar-refractivity contribution is 5.87. The van der Waals surface area contributed by atoms with Crippen LogP contribution in [0, 0.1) is 6.57 Å². The molecule has 0 aliphatic carbocycles. The number of nitrogens with zero attached hydrogens (tertiary/aromatic N) is 2. The van der Waals surface area contributed by atoms with Gasteiger partial charge in [-0.2, -0.15) is 0 Å². The van der Waals surface area contributed by atoms with Crippen LogP contribution in [-0.2, 0) is 4.74 Å². The summed E-state index contributed by atoms with van der Waals surface area (Å²) in [6.07, 6.45) is 0.398. The van der Waals surface area contributed by atoms with Gasteiger partial charge in [0.25, 0.3) is 0 Å². The Morgan fingerprint density at radius 3 is 2.70 bits per heavy atom. The lowest BCUT2D eigenvalue weighted by atomic mass is 10.2. The molecule has 1 rings (SSSR count). The number of hydrogen-bond acceptors (Lipinski definition) is 3. The predicted octanol–water partition coefficient (Wildman–Crippen LogP) is 3.89. The van der Waals surface area contributed by atoms with Gasteiger partial charge in [-0.15, -0.1) is 0 Å². The number of anilines is 1. The molecular weight excluding hydrogens is 254 g/mol. The highest BCUT2D eigenvalue weighted by Crippen LogP contribution is 2.22. The highest BCUT2D eigenvalue weighted by Gasteiger charge is 2.23. The van der Waals surface area contributed by atoms with Gasteiger partial charge < -0.3 is 4.74 Å². The van der Waals surface area contributed by atoms with Crippen molar-refractivity contribution in [1.82, 2.24) is 5.43 Å². The monoisotopic (exact) mass is 275 g/mol. The van der Waals surface area contributed by atoms with Crippen molar-refractivity contribution >= 4 is 17.5 Å². The standard InChI is InChI=1S/C15H21N3O2/c1-6-10-17-18(14(19)20-15(2,3)4)13-9-7-8-12(11-13)16-5/h7-9,11,17H,6,10H2,1-4H3. The van der Waals surface area contributed by atoms with Crippen LogP contribution in [0.2, 0.25) is 0 Å².